The van der Waals surface area contributed by atoms with E-state index in [1.807, 2.05) is 4.90 Å². The van der Waals surface area contributed by atoms with Gasteiger partial charge < -0.3 is 19.4 Å². The molecule has 138 valence electrons. The maximum absolute atomic E-state index is 12.5. The molecule has 0 spiro atoms. The Kier molecular flexibility index (Phi) is 5.80. The van der Waals surface area contributed by atoms with E-state index in [-0.39, 0.29) is 18.4 Å². The second-order valence-corrected chi connectivity index (χ2v) is 6.37. The van der Waals surface area contributed by atoms with Gasteiger partial charge in [0.25, 0.3) is 0 Å². The minimum absolute atomic E-state index is 0.0587. The maximum atomic E-state index is 12.5. The molecule has 1 aliphatic rings. The fraction of sp³-hybridized carbons (Fsp3) is 0.333. The van der Waals surface area contributed by atoms with Gasteiger partial charge in [-0.1, -0.05) is 11.6 Å². The topological polar surface area (TPSA) is 75.0 Å². The molecular weight excluding hydrogens is 358 g/mol. The number of furan rings is 1. The second kappa shape index (κ2) is 8.25. The lowest BCUT2D eigenvalue weighted by Gasteiger charge is -2.34. The number of nitrogens with one attached hydrogen (secondary N) is 1. The number of benzene rings is 1. The number of nitrogens with zero attached hydrogens (tertiary/aromatic N) is 2. The number of methoxy groups -OCH3 is 1. The number of ether oxygens (including phenoxy) is 1. The molecule has 1 aromatic heterocycles. The van der Waals surface area contributed by atoms with Gasteiger partial charge in [0.15, 0.2) is 5.76 Å². The van der Waals surface area contributed by atoms with Crippen molar-refractivity contribution in [3.8, 4) is 5.75 Å². The molecule has 8 heteroatoms. The summed E-state index contributed by atoms with van der Waals surface area (Å²) >= 11 is 5.99. The van der Waals surface area contributed by atoms with Crippen molar-refractivity contribution >= 4 is 29.1 Å². The van der Waals surface area contributed by atoms with Gasteiger partial charge in [0, 0.05) is 31.2 Å². The number of urea groups is 1. The zero-order chi connectivity index (χ0) is 18.5. The summed E-state index contributed by atoms with van der Waals surface area (Å²) in [5.41, 5.74) is 0.528. The number of hydrogen-bond donors (Lipinski definition) is 1. The number of anilines is 1. The second-order valence-electron chi connectivity index (χ2n) is 5.94. The van der Waals surface area contributed by atoms with Gasteiger partial charge >= 0.3 is 6.03 Å². The monoisotopic (exact) mass is 377 g/mol. The Balaban J connectivity index is 1.52. The average molecular weight is 378 g/mol. The third-order valence-corrected chi connectivity index (χ3v) is 4.46. The minimum Gasteiger partial charge on any atom is -0.495 e. The van der Waals surface area contributed by atoms with E-state index in [9.17, 15) is 9.59 Å². The molecule has 0 unspecified atom stereocenters. The normalized spacial score (nSPS) is 14.9. The molecule has 0 bridgehead atoms. The first-order chi connectivity index (χ1) is 12.6. The molecule has 2 amide bonds. The third kappa shape index (κ3) is 4.36. The van der Waals surface area contributed by atoms with Gasteiger partial charge in [-0.3, -0.25) is 9.69 Å². The zero-order valence-corrected chi connectivity index (χ0v) is 15.2. The van der Waals surface area contributed by atoms with Crippen LogP contribution in [0, 0.1) is 0 Å². The van der Waals surface area contributed by atoms with Crippen molar-refractivity contribution in [1.29, 1.82) is 0 Å². The largest absolute Gasteiger partial charge is 0.495 e. The summed E-state index contributed by atoms with van der Waals surface area (Å²) in [6.45, 7) is 2.57. The van der Waals surface area contributed by atoms with E-state index in [0.29, 0.717) is 48.4 Å². The van der Waals surface area contributed by atoms with Crippen LogP contribution in [-0.4, -0.2) is 61.4 Å². The molecule has 2 heterocycles. The number of hydrogen-bond acceptors (Lipinski definition) is 5. The molecule has 1 aliphatic heterocycles. The molecule has 0 atom stereocenters. The molecule has 1 saturated heterocycles. The molecule has 26 heavy (non-hydrogen) atoms. The molecule has 0 saturated carbocycles. The summed E-state index contributed by atoms with van der Waals surface area (Å²) in [4.78, 5) is 28.3. The quantitative estimate of drug-likeness (QED) is 0.811. The number of Topliss-reactive ketones (excluding diaryl/α,β-unsaturated/α-hetero) is 1. The Morgan fingerprint density at radius 3 is 2.65 bits per heavy atom. The summed E-state index contributed by atoms with van der Waals surface area (Å²) in [5.74, 6) is 0.847. The van der Waals surface area contributed by atoms with Crippen LogP contribution in [0.4, 0.5) is 10.5 Å². The lowest BCUT2D eigenvalue weighted by Crippen LogP contribution is -2.51. The van der Waals surface area contributed by atoms with Gasteiger partial charge in [0.05, 0.1) is 25.6 Å². The molecule has 1 N–H and O–H groups in total. The summed E-state index contributed by atoms with van der Waals surface area (Å²) in [7, 11) is 1.54. The number of halogens is 1. The van der Waals surface area contributed by atoms with Crippen LogP contribution in [0.15, 0.2) is 41.0 Å². The van der Waals surface area contributed by atoms with E-state index in [0.717, 1.165) is 0 Å². The van der Waals surface area contributed by atoms with E-state index in [1.165, 1.54) is 13.4 Å². The first-order valence-electron chi connectivity index (χ1n) is 8.25. The molecular formula is C18H20ClN3O4. The molecule has 1 fully saturated rings. The number of ketones is 1. The van der Waals surface area contributed by atoms with Crippen molar-refractivity contribution in [2.24, 2.45) is 0 Å². The minimum atomic E-state index is -0.220. The number of carbonyl (C=O) groups is 2. The van der Waals surface area contributed by atoms with Gasteiger partial charge in [0.2, 0.25) is 5.78 Å². The number of amides is 2. The Morgan fingerprint density at radius 2 is 2.00 bits per heavy atom. The van der Waals surface area contributed by atoms with Crippen LogP contribution in [0.5, 0.6) is 5.75 Å². The van der Waals surface area contributed by atoms with Crippen LogP contribution in [0.2, 0.25) is 5.02 Å². The predicted molar refractivity (Wildman–Crippen MR) is 98.1 cm³/mol. The highest BCUT2D eigenvalue weighted by Crippen LogP contribution is 2.28. The summed E-state index contributed by atoms with van der Waals surface area (Å²) in [6, 6.07) is 8.18. The van der Waals surface area contributed by atoms with Crippen LogP contribution < -0.4 is 10.1 Å². The first kappa shape index (κ1) is 18.3. The fourth-order valence-corrected chi connectivity index (χ4v) is 2.97. The number of rotatable bonds is 5. The molecule has 2 aromatic rings. The summed E-state index contributed by atoms with van der Waals surface area (Å²) < 4.78 is 10.4. The maximum Gasteiger partial charge on any atom is 0.322 e. The summed E-state index contributed by atoms with van der Waals surface area (Å²) in [6.07, 6.45) is 1.49. The van der Waals surface area contributed by atoms with Crippen molar-refractivity contribution in [3.63, 3.8) is 0 Å². The molecule has 0 aliphatic carbocycles. The van der Waals surface area contributed by atoms with Crippen LogP contribution >= 0.6 is 11.6 Å². The smallest absolute Gasteiger partial charge is 0.322 e. The Bertz CT molecular complexity index is 771. The van der Waals surface area contributed by atoms with Crippen molar-refractivity contribution in [1.82, 2.24) is 9.80 Å². The van der Waals surface area contributed by atoms with Crippen molar-refractivity contribution in [2.45, 2.75) is 0 Å². The SMILES string of the molecule is COc1ccc(Cl)cc1NC(=O)N1CCN(CC(=O)c2ccco2)CC1. The highest BCUT2D eigenvalue weighted by Gasteiger charge is 2.24. The van der Waals surface area contributed by atoms with Crippen molar-refractivity contribution in [3.05, 3.63) is 47.4 Å². The lowest BCUT2D eigenvalue weighted by molar-refractivity contribution is 0.0857. The predicted octanol–water partition coefficient (Wildman–Crippen LogP) is 2.97. The molecule has 0 radical (unpaired) electrons. The first-order valence-corrected chi connectivity index (χ1v) is 8.63. The van der Waals surface area contributed by atoms with Gasteiger partial charge in [-0.25, -0.2) is 4.79 Å². The molecule has 1 aromatic carbocycles. The zero-order valence-electron chi connectivity index (χ0n) is 14.4. The number of piperazine rings is 1. The van der Waals surface area contributed by atoms with Crippen LogP contribution in [0.25, 0.3) is 0 Å². The lowest BCUT2D eigenvalue weighted by atomic mass is 10.2. The highest BCUT2D eigenvalue weighted by atomic mass is 35.5. The van der Waals surface area contributed by atoms with Crippen LogP contribution in [-0.2, 0) is 0 Å². The highest BCUT2D eigenvalue weighted by molar-refractivity contribution is 6.31. The average Bonchev–Trinajstić information content (AvgIpc) is 3.17. The van der Waals surface area contributed by atoms with Gasteiger partial charge in [0.1, 0.15) is 5.75 Å². The van der Waals surface area contributed by atoms with Gasteiger partial charge in [-0.2, -0.15) is 0 Å². The van der Waals surface area contributed by atoms with E-state index in [4.69, 9.17) is 20.8 Å². The summed E-state index contributed by atoms with van der Waals surface area (Å²) in [5, 5.41) is 3.34. The van der Waals surface area contributed by atoms with Crippen LogP contribution in [0.1, 0.15) is 10.6 Å². The Morgan fingerprint density at radius 1 is 1.23 bits per heavy atom. The van der Waals surface area contributed by atoms with Gasteiger partial charge in [-0.15, -0.1) is 0 Å². The fourth-order valence-electron chi connectivity index (χ4n) is 2.80. The van der Waals surface area contributed by atoms with E-state index < -0.39 is 0 Å². The molecule has 7 nitrogen and oxygen atoms in total. The Hall–Kier alpha value is -2.51. The Labute approximate surface area is 156 Å². The van der Waals surface area contributed by atoms with Crippen molar-refractivity contribution in [2.75, 3.05) is 45.2 Å². The van der Waals surface area contributed by atoms with E-state index in [2.05, 4.69) is 5.32 Å². The molecule has 3 rings (SSSR count). The van der Waals surface area contributed by atoms with Crippen LogP contribution in [0.3, 0.4) is 0 Å². The third-order valence-electron chi connectivity index (χ3n) is 4.23. The van der Waals surface area contributed by atoms with E-state index >= 15 is 0 Å². The standard InChI is InChI=1S/C18H20ClN3O4/c1-25-16-5-4-13(19)11-14(16)20-18(24)22-8-6-21(7-9-22)12-15(23)17-3-2-10-26-17/h2-5,10-11H,6-9,12H2,1H3,(H,20,24). The van der Waals surface area contributed by atoms with Gasteiger partial charge in [-0.05, 0) is 30.3 Å². The van der Waals surface area contributed by atoms with Crippen molar-refractivity contribution < 1.29 is 18.7 Å². The van der Waals surface area contributed by atoms with E-state index in [1.54, 1.807) is 35.2 Å². The number of carbonyl (C=O) groups excluding carboxylic acids is 2.